The number of fused-ring (bicyclic) bond motifs is 1. The van der Waals surface area contributed by atoms with E-state index in [1.54, 1.807) is 19.1 Å². The molecule has 7 heteroatoms. The molecule has 1 unspecified atom stereocenters. The Morgan fingerprint density at radius 1 is 1.14 bits per heavy atom. The monoisotopic (exact) mass is 403 g/mol. The van der Waals surface area contributed by atoms with E-state index in [0.29, 0.717) is 23.5 Å². The molecular weight excluding hydrogens is 379 g/mol. The number of nitrogens with two attached hydrogens (primary N) is 1. The van der Waals surface area contributed by atoms with E-state index in [1.807, 2.05) is 0 Å². The van der Waals surface area contributed by atoms with E-state index in [0.717, 1.165) is 30.0 Å². The largest absolute Gasteiger partial charge is 0.377 e. The van der Waals surface area contributed by atoms with Crippen LogP contribution in [-0.4, -0.2) is 28.9 Å². The number of nitrogens with one attached hydrogen (secondary N) is 2. The molecule has 4 nitrogen and oxygen atoms in total. The van der Waals surface area contributed by atoms with Crippen LogP contribution in [-0.2, 0) is 0 Å². The van der Waals surface area contributed by atoms with Gasteiger partial charge in [0.05, 0.1) is 11.2 Å². The molecule has 1 aliphatic rings. The van der Waals surface area contributed by atoms with E-state index in [9.17, 15) is 18.3 Å². The molecule has 0 aliphatic heterocycles. The number of rotatable bonds is 6. The van der Waals surface area contributed by atoms with Gasteiger partial charge in [0.1, 0.15) is 23.7 Å². The Morgan fingerprint density at radius 3 is 2.48 bits per heavy atom. The Hall–Kier alpha value is -2.35. The summed E-state index contributed by atoms with van der Waals surface area (Å²) in [7, 11) is 0. The average Bonchev–Trinajstić information content (AvgIpc) is 3.00. The van der Waals surface area contributed by atoms with Crippen LogP contribution in [0, 0.1) is 23.4 Å². The van der Waals surface area contributed by atoms with Gasteiger partial charge in [-0.2, -0.15) is 0 Å². The third kappa shape index (κ3) is 3.90. The molecule has 2 aromatic carbocycles. The Bertz CT molecular complexity index is 1010. The van der Waals surface area contributed by atoms with Gasteiger partial charge in [0.15, 0.2) is 0 Å². The summed E-state index contributed by atoms with van der Waals surface area (Å²) in [6.07, 6.45) is 0.871. The number of aromatic nitrogens is 1. The van der Waals surface area contributed by atoms with Crippen LogP contribution in [0.4, 0.5) is 13.2 Å². The quantitative estimate of drug-likeness (QED) is 0.470. The number of hydrogen-bond acceptors (Lipinski definition) is 3. The average molecular weight is 403 g/mol. The number of aliphatic hydroxyl groups excluding tert-OH is 1. The van der Waals surface area contributed by atoms with E-state index in [4.69, 9.17) is 5.73 Å². The standard InChI is InChI=1S/C22H24F3N3O/c1-11(26)22(29)27-10-12-6-14(7-12)19-17-8-16(24)9-18(25)21(17)28-20(19)13-2-4-15(23)5-3-13/h2-5,8-9,11-12,14,22,27-29H,6-7,10,26H2,1H3/t11-,12?,14?,22?/m1/s1. The van der Waals surface area contributed by atoms with Gasteiger partial charge in [-0.25, -0.2) is 13.2 Å². The zero-order chi connectivity index (χ0) is 20.7. The molecule has 0 radical (unpaired) electrons. The zero-order valence-electron chi connectivity index (χ0n) is 16.1. The Morgan fingerprint density at radius 2 is 1.83 bits per heavy atom. The first-order valence-corrected chi connectivity index (χ1v) is 9.77. The molecule has 3 aromatic rings. The molecular formula is C22H24F3N3O. The SMILES string of the molecule is C[C@@H](N)C(O)NCC1CC(c2c(-c3ccc(F)cc3)[nH]c3c(F)cc(F)cc23)C1. The topological polar surface area (TPSA) is 74.1 Å². The van der Waals surface area contributed by atoms with Crippen molar-refractivity contribution in [3.05, 3.63) is 59.4 Å². The van der Waals surface area contributed by atoms with Crippen molar-refractivity contribution in [2.45, 2.75) is 38.0 Å². The first-order valence-electron chi connectivity index (χ1n) is 9.77. The molecule has 5 N–H and O–H groups in total. The second kappa shape index (κ2) is 7.82. The molecule has 29 heavy (non-hydrogen) atoms. The van der Waals surface area contributed by atoms with Crippen LogP contribution >= 0.6 is 0 Å². The van der Waals surface area contributed by atoms with Gasteiger partial charge in [-0.15, -0.1) is 0 Å². The molecule has 1 aliphatic carbocycles. The summed E-state index contributed by atoms with van der Waals surface area (Å²) in [4.78, 5) is 3.09. The number of halogens is 3. The van der Waals surface area contributed by atoms with Gasteiger partial charge in [-0.1, -0.05) is 0 Å². The number of aliphatic hydroxyl groups is 1. The number of benzene rings is 2. The van der Waals surface area contributed by atoms with Crippen LogP contribution in [0.3, 0.4) is 0 Å². The van der Waals surface area contributed by atoms with E-state index >= 15 is 0 Å². The lowest BCUT2D eigenvalue weighted by Crippen LogP contribution is -2.46. The van der Waals surface area contributed by atoms with Crippen molar-refractivity contribution in [3.63, 3.8) is 0 Å². The van der Waals surface area contributed by atoms with Crippen LogP contribution in [0.25, 0.3) is 22.2 Å². The lowest BCUT2D eigenvalue weighted by atomic mass is 9.70. The van der Waals surface area contributed by atoms with Crippen molar-refractivity contribution in [2.75, 3.05) is 6.54 Å². The van der Waals surface area contributed by atoms with Crippen LogP contribution in [0.5, 0.6) is 0 Å². The molecule has 4 rings (SSSR count). The van der Waals surface area contributed by atoms with Gasteiger partial charge in [0.25, 0.3) is 0 Å². The first kappa shape index (κ1) is 19.9. The van der Waals surface area contributed by atoms with Crippen LogP contribution in [0.1, 0.15) is 31.2 Å². The summed E-state index contributed by atoms with van der Waals surface area (Å²) in [5.74, 6) is -1.18. The summed E-state index contributed by atoms with van der Waals surface area (Å²) in [6.45, 7) is 2.35. The van der Waals surface area contributed by atoms with E-state index in [2.05, 4.69) is 10.3 Å². The first-order chi connectivity index (χ1) is 13.8. The normalized spacial score (nSPS) is 21.2. The predicted molar refractivity (Wildman–Crippen MR) is 107 cm³/mol. The van der Waals surface area contributed by atoms with Crippen molar-refractivity contribution >= 4 is 10.9 Å². The highest BCUT2D eigenvalue weighted by molar-refractivity contribution is 5.92. The lowest BCUT2D eigenvalue weighted by Gasteiger charge is -2.37. The van der Waals surface area contributed by atoms with Gasteiger partial charge in [0.2, 0.25) is 0 Å². The fraction of sp³-hybridized carbons (Fsp3) is 0.364. The Kier molecular flexibility index (Phi) is 5.38. The summed E-state index contributed by atoms with van der Waals surface area (Å²) < 4.78 is 41.7. The minimum Gasteiger partial charge on any atom is -0.377 e. The van der Waals surface area contributed by atoms with Crippen molar-refractivity contribution in [3.8, 4) is 11.3 Å². The fourth-order valence-electron chi connectivity index (χ4n) is 4.12. The summed E-state index contributed by atoms with van der Waals surface area (Å²) >= 11 is 0. The molecule has 0 bridgehead atoms. The summed E-state index contributed by atoms with van der Waals surface area (Å²) in [6, 6.07) is 7.82. The molecule has 1 heterocycles. The molecule has 0 spiro atoms. The van der Waals surface area contributed by atoms with E-state index in [-0.39, 0.29) is 23.3 Å². The Labute approximate surface area is 166 Å². The maximum atomic E-state index is 14.4. The van der Waals surface area contributed by atoms with Crippen LogP contribution in [0.15, 0.2) is 36.4 Å². The van der Waals surface area contributed by atoms with Gasteiger partial charge >= 0.3 is 0 Å². The van der Waals surface area contributed by atoms with Crippen molar-refractivity contribution in [1.29, 1.82) is 0 Å². The predicted octanol–water partition coefficient (Wildman–Crippen LogP) is 4.00. The minimum atomic E-state index is -0.764. The van der Waals surface area contributed by atoms with Gasteiger partial charge in [-0.05, 0) is 73.1 Å². The third-order valence-corrected chi connectivity index (χ3v) is 5.76. The fourth-order valence-corrected chi connectivity index (χ4v) is 4.12. The highest BCUT2D eigenvalue weighted by Crippen LogP contribution is 2.48. The second-order valence-corrected chi connectivity index (χ2v) is 7.98. The van der Waals surface area contributed by atoms with Crippen molar-refractivity contribution < 1.29 is 18.3 Å². The second-order valence-electron chi connectivity index (χ2n) is 7.98. The van der Waals surface area contributed by atoms with Crippen LogP contribution < -0.4 is 11.1 Å². The van der Waals surface area contributed by atoms with Crippen LogP contribution in [0.2, 0.25) is 0 Å². The zero-order valence-corrected chi connectivity index (χ0v) is 16.1. The summed E-state index contributed by atoms with van der Waals surface area (Å²) in [5, 5.41) is 13.3. The smallest absolute Gasteiger partial charge is 0.150 e. The molecule has 1 aromatic heterocycles. The molecule has 154 valence electrons. The summed E-state index contributed by atoms with van der Waals surface area (Å²) in [5.41, 5.74) is 8.19. The number of aromatic amines is 1. The highest BCUT2D eigenvalue weighted by atomic mass is 19.1. The van der Waals surface area contributed by atoms with Crippen molar-refractivity contribution in [2.24, 2.45) is 11.7 Å². The molecule has 0 amide bonds. The maximum Gasteiger partial charge on any atom is 0.150 e. The third-order valence-electron chi connectivity index (χ3n) is 5.76. The van der Waals surface area contributed by atoms with E-state index in [1.165, 1.54) is 18.2 Å². The van der Waals surface area contributed by atoms with E-state index < -0.39 is 17.9 Å². The molecule has 2 atom stereocenters. The number of hydrogen-bond donors (Lipinski definition) is 4. The van der Waals surface area contributed by atoms with Gasteiger partial charge in [0, 0.05) is 24.0 Å². The molecule has 1 fully saturated rings. The number of H-pyrrole nitrogens is 1. The molecule has 1 saturated carbocycles. The highest BCUT2D eigenvalue weighted by Gasteiger charge is 2.34. The van der Waals surface area contributed by atoms with Gasteiger partial charge < -0.3 is 15.8 Å². The maximum absolute atomic E-state index is 14.4. The minimum absolute atomic E-state index is 0.115. The lowest BCUT2D eigenvalue weighted by molar-refractivity contribution is 0.0993. The Balaban J connectivity index is 1.64. The van der Waals surface area contributed by atoms with Crippen molar-refractivity contribution in [1.82, 2.24) is 10.3 Å². The van der Waals surface area contributed by atoms with Gasteiger partial charge in [-0.3, -0.25) is 5.32 Å². The molecule has 0 saturated heterocycles.